The highest BCUT2D eigenvalue weighted by molar-refractivity contribution is 6.07. The van der Waals surface area contributed by atoms with E-state index in [2.05, 4.69) is 10.6 Å². The maximum atomic E-state index is 12.1. The maximum absolute atomic E-state index is 12.1. The van der Waals surface area contributed by atoms with Gasteiger partial charge >= 0.3 is 0 Å². The molecule has 116 valence electrons. The topological polar surface area (TPSA) is 105 Å². The first kappa shape index (κ1) is 15.9. The zero-order valence-corrected chi connectivity index (χ0v) is 12.4. The van der Waals surface area contributed by atoms with Crippen LogP contribution in [0.4, 0.5) is 11.4 Å². The van der Waals surface area contributed by atoms with Crippen LogP contribution in [0.15, 0.2) is 54.2 Å². The van der Waals surface area contributed by atoms with E-state index in [9.17, 15) is 15.0 Å². The number of nitriles is 1. The van der Waals surface area contributed by atoms with Crippen LogP contribution in [0.2, 0.25) is 0 Å². The SMILES string of the molecule is Cc1cc(O)ccc1NC(=O)/C(C#N)=C\Nc1ccccc1O. The number of benzene rings is 2. The third kappa shape index (κ3) is 4.02. The molecule has 6 heteroatoms. The second kappa shape index (κ2) is 7.00. The van der Waals surface area contributed by atoms with Gasteiger partial charge in [-0.05, 0) is 42.8 Å². The Hall–Kier alpha value is -3.46. The van der Waals surface area contributed by atoms with Gasteiger partial charge in [0.15, 0.2) is 0 Å². The van der Waals surface area contributed by atoms with Crippen molar-refractivity contribution < 1.29 is 15.0 Å². The predicted octanol–water partition coefficient (Wildman–Crippen LogP) is 2.86. The number of carbonyl (C=O) groups is 1. The summed E-state index contributed by atoms with van der Waals surface area (Å²) in [6, 6.07) is 12.8. The van der Waals surface area contributed by atoms with Gasteiger partial charge in [0.05, 0.1) is 5.69 Å². The second-order valence-electron chi connectivity index (χ2n) is 4.78. The molecule has 23 heavy (non-hydrogen) atoms. The van der Waals surface area contributed by atoms with Gasteiger partial charge in [-0.2, -0.15) is 5.26 Å². The fraction of sp³-hybridized carbons (Fsp3) is 0.0588. The van der Waals surface area contributed by atoms with E-state index in [1.807, 2.05) is 0 Å². The van der Waals surface area contributed by atoms with E-state index >= 15 is 0 Å². The van der Waals surface area contributed by atoms with E-state index < -0.39 is 5.91 Å². The third-order valence-electron chi connectivity index (χ3n) is 3.10. The number of amides is 1. The fourth-order valence-corrected chi connectivity index (χ4v) is 1.87. The summed E-state index contributed by atoms with van der Waals surface area (Å²) >= 11 is 0. The Kier molecular flexibility index (Phi) is 4.85. The zero-order chi connectivity index (χ0) is 16.8. The summed E-state index contributed by atoms with van der Waals surface area (Å²) in [5.41, 5.74) is 1.40. The van der Waals surface area contributed by atoms with Crippen LogP contribution in [0, 0.1) is 18.3 Å². The molecule has 0 radical (unpaired) electrons. The first-order valence-electron chi connectivity index (χ1n) is 6.77. The number of aryl methyl sites for hydroxylation is 1. The number of phenolic OH excluding ortho intramolecular Hbond substituents is 2. The molecule has 0 aliphatic carbocycles. The molecule has 0 aliphatic rings. The van der Waals surface area contributed by atoms with Gasteiger partial charge in [0, 0.05) is 11.9 Å². The van der Waals surface area contributed by atoms with Crippen LogP contribution in [0.5, 0.6) is 11.5 Å². The standard InChI is InChI=1S/C17H15N3O3/c1-11-8-13(21)6-7-14(11)20-17(23)12(9-18)10-19-15-4-2-3-5-16(15)22/h2-8,10,19,21-22H,1H3,(H,20,23)/b12-10-. The second-order valence-corrected chi connectivity index (χ2v) is 4.78. The van der Waals surface area contributed by atoms with Crippen molar-refractivity contribution in [3.8, 4) is 17.6 Å². The van der Waals surface area contributed by atoms with Crippen LogP contribution in [0.1, 0.15) is 5.56 Å². The lowest BCUT2D eigenvalue weighted by Crippen LogP contribution is -2.15. The van der Waals surface area contributed by atoms with Crippen molar-refractivity contribution >= 4 is 17.3 Å². The zero-order valence-electron chi connectivity index (χ0n) is 12.4. The number of nitrogens with one attached hydrogen (secondary N) is 2. The largest absolute Gasteiger partial charge is 0.508 e. The van der Waals surface area contributed by atoms with Gasteiger partial charge in [-0.1, -0.05) is 12.1 Å². The van der Waals surface area contributed by atoms with Crippen molar-refractivity contribution in [2.45, 2.75) is 6.92 Å². The first-order chi connectivity index (χ1) is 11.0. The highest BCUT2D eigenvalue weighted by atomic mass is 16.3. The third-order valence-corrected chi connectivity index (χ3v) is 3.10. The van der Waals surface area contributed by atoms with Gasteiger partial charge in [-0.3, -0.25) is 4.79 Å². The molecule has 2 aromatic rings. The molecule has 0 aromatic heterocycles. The van der Waals surface area contributed by atoms with Gasteiger partial charge < -0.3 is 20.8 Å². The number of rotatable bonds is 4. The molecule has 0 aliphatic heterocycles. The molecule has 0 saturated carbocycles. The van der Waals surface area contributed by atoms with Crippen molar-refractivity contribution in [2.24, 2.45) is 0 Å². The van der Waals surface area contributed by atoms with E-state index in [0.717, 1.165) is 0 Å². The lowest BCUT2D eigenvalue weighted by atomic mass is 10.2. The molecule has 2 aromatic carbocycles. The van der Waals surface area contributed by atoms with Crippen molar-refractivity contribution in [3.05, 3.63) is 59.8 Å². The van der Waals surface area contributed by atoms with E-state index in [0.29, 0.717) is 16.9 Å². The summed E-state index contributed by atoms with van der Waals surface area (Å²) in [7, 11) is 0. The highest BCUT2D eigenvalue weighted by Crippen LogP contribution is 2.22. The van der Waals surface area contributed by atoms with Gasteiger partial charge in [0.2, 0.25) is 0 Å². The van der Waals surface area contributed by atoms with E-state index in [1.54, 1.807) is 37.3 Å². The van der Waals surface area contributed by atoms with Crippen LogP contribution < -0.4 is 10.6 Å². The highest BCUT2D eigenvalue weighted by Gasteiger charge is 2.11. The van der Waals surface area contributed by atoms with Crippen molar-refractivity contribution in [2.75, 3.05) is 10.6 Å². The monoisotopic (exact) mass is 309 g/mol. The Morgan fingerprint density at radius 3 is 2.57 bits per heavy atom. The minimum atomic E-state index is -0.593. The molecular weight excluding hydrogens is 294 g/mol. The van der Waals surface area contributed by atoms with E-state index in [-0.39, 0.29) is 17.1 Å². The Morgan fingerprint density at radius 1 is 1.17 bits per heavy atom. The summed E-state index contributed by atoms with van der Waals surface area (Å²) in [6.07, 6.45) is 1.22. The summed E-state index contributed by atoms with van der Waals surface area (Å²) in [4.78, 5) is 12.1. The van der Waals surface area contributed by atoms with Crippen molar-refractivity contribution in [1.29, 1.82) is 5.26 Å². The molecule has 0 saturated heterocycles. The maximum Gasteiger partial charge on any atom is 0.267 e. The summed E-state index contributed by atoms with van der Waals surface area (Å²) in [6.45, 7) is 1.73. The molecule has 0 spiro atoms. The normalized spacial score (nSPS) is 10.7. The summed E-state index contributed by atoms with van der Waals surface area (Å²) < 4.78 is 0. The molecule has 6 nitrogen and oxygen atoms in total. The number of para-hydroxylation sites is 2. The minimum Gasteiger partial charge on any atom is -0.508 e. The molecular formula is C17H15N3O3. The number of anilines is 2. The Morgan fingerprint density at radius 2 is 1.91 bits per heavy atom. The van der Waals surface area contributed by atoms with E-state index in [1.165, 1.54) is 24.4 Å². The molecule has 0 bridgehead atoms. The van der Waals surface area contributed by atoms with Gasteiger partial charge in [-0.15, -0.1) is 0 Å². The number of phenols is 2. The number of hydrogen-bond donors (Lipinski definition) is 4. The average Bonchev–Trinajstić information content (AvgIpc) is 2.52. The summed E-state index contributed by atoms with van der Waals surface area (Å²) in [5, 5.41) is 33.4. The van der Waals surface area contributed by atoms with Crippen molar-refractivity contribution in [1.82, 2.24) is 0 Å². The number of aromatic hydroxyl groups is 2. The molecule has 0 atom stereocenters. The van der Waals surface area contributed by atoms with Gasteiger partial charge in [0.25, 0.3) is 5.91 Å². The number of carbonyl (C=O) groups excluding carboxylic acids is 1. The molecule has 2 rings (SSSR count). The lowest BCUT2D eigenvalue weighted by molar-refractivity contribution is -0.112. The van der Waals surface area contributed by atoms with Crippen LogP contribution >= 0.6 is 0 Å². The Balaban J connectivity index is 2.14. The van der Waals surface area contributed by atoms with Crippen LogP contribution in [-0.4, -0.2) is 16.1 Å². The van der Waals surface area contributed by atoms with Crippen LogP contribution in [0.3, 0.4) is 0 Å². The molecule has 1 amide bonds. The predicted molar refractivity (Wildman–Crippen MR) is 86.9 cm³/mol. The average molecular weight is 309 g/mol. The van der Waals surface area contributed by atoms with E-state index in [4.69, 9.17) is 5.26 Å². The minimum absolute atomic E-state index is 0.0100. The Bertz CT molecular complexity index is 807. The summed E-state index contributed by atoms with van der Waals surface area (Å²) in [5.74, 6) is -0.488. The Labute approximate surface area is 133 Å². The van der Waals surface area contributed by atoms with Crippen molar-refractivity contribution in [3.63, 3.8) is 0 Å². The molecule has 4 N–H and O–H groups in total. The first-order valence-corrected chi connectivity index (χ1v) is 6.77. The molecule has 0 unspecified atom stereocenters. The fourth-order valence-electron chi connectivity index (χ4n) is 1.87. The van der Waals surface area contributed by atoms with Crippen LogP contribution in [0.25, 0.3) is 0 Å². The lowest BCUT2D eigenvalue weighted by Gasteiger charge is -2.08. The molecule has 0 heterocycles. The van der Waals surface area contributed by atoms with Crippen LogP contribution in [-0.2, 0) is 4.79 Å². The smallest absolute Gasteiger partial charge is 0.267 e. The quantitative estimate of drug-likeness (QED) is 0.301. The van der Waals surface area contributed by atoms with Gasteiger partial charge in [-0.25, -0.2) is 0 Å². The number of hydrogen-bond acceptors (Lipinski definition) is 5. The molecule has 0 fully saturated rings. The van der Waals surface area contributed by atoms with Gasteiger partial charge in [0.1, 0.15) is 23.1 Å². The number of nitrogens with zero attached hydrogens (tertiary/aromatic N) is 1.